The summed E-state index contributed by atoms with van der Waals surface area (Å²) >= 11 is 3.32. The van der Waals surface area contributed by atoms with Crippen LogP contribution in [-0.4, -0.2) is 16.6 Å². The Morgan fingerprint density at radius 3 is 2.79 bits per heavy atom. The SMILES string of the molecule is NCC(c1cccnc1)C(O)c1cc(F)ccc1Br. The predicted octanol–water partition coefficient (Wildman–Crippen LogP) is 2.76. The maximum absolute atomic E-state index is 13.3. The normalized spacial score (nSPS) is 14.1. The number of aromatic nitrogens is 1. The molecule has 1 heterocycles. The number of aliphatic hydroxyl groups is 1. The van der Waals surface area contributed by atoms with Gasteiger partial charge < -0.3 is 10.8 Å². The van der Waals surface area contributed by atoms with Crippen molar-refractivity contribution in [1.29, 1.82) is 0 Å². The highest BCUT2D eigenvalue weighted by Crippen LogP contribution is 2.34. The minimum absolute atomic E-state index is 0.246. The standard InChI is InChI=1S/C14H14BrFN2O/c15-13-4-3-10(16)6-11(13)14(19)12(7-17)9-2-1-5-18-8-9/h1-6,8,12,14,19H,7,17H2. The van der Waals surface area contributed by atoms with E-state index in [1.807, 2.05) is 6.07 Å². The van der Waals surface area contributed by atoms with Gasteiger partial charge in [0.25, 0.3) is 0 Å². The number of hydrogen-bond donors (Lipinski definition) is 2. The van der Waals surface area contributed by atoms with Crippen molar-refractivity contribution in [2.45, 2.75) is 12.0 Å². The molecule has 2 atom stereocenters. The molecule has 2 rings (SSSR count). The largest absolute Gasteiger partial charge is 0.388 e. The molecule has 0 saturated carbocycles. The molecule has 0 saturated heterocycles. The molecule has 0 aliphatic rings. The van der Waals surface area contributed by atoms with Crippen LogP contribution in [-0.2, 0) is 0 Å². The molecule has 5 heteroatoms. The molecule has 0 aliphatic carbocycles. The summed E-state index contributed by atoms with van der Waals surface area (Å²) in [6.45, 7) is 0.246. The van der Waals surface area contributed by atoms with Crippen molar-refractivity contribution in [2.24, 2.45) is 5.73 Å². The summed E-state index contributed by atoms with van der Waals surface area (Å²) in [7, 11) is 0. The molecule has 2 unspecified atom stereocenters. The number of aliphatic hydroxyl groups excluding tert-OH is 1. The molecule has 0 fully saturated rings. The van der Waals surface area contributed by atoms with Crippen LogP contribution in [0.25, 0.3) is 0 Å². The van der Waals surface area contributed by atoms with Crippen LogP contribution in [0.4, 0.5) is 4.39 Å². The maximum Gasteiger partial charge on any atom is 0.123 e. The fraction of sp³-hybridized carbons (Fsp3) is 0.214. The van der Waals surface area contributed by atoms with Gasteiger partial charge in [-0.15, -0.1) is 0 Å². The number of benzene rings is 1. The fourth-order valence-corrected chi connectivity index (χ4v) is 2.48. The van der Waals surface area contributed by atoms with E-state index in [1.165, 1.54) is 12.1 Å². The summed E-state index contributed by atoms with van der Waals surface area (Å²) in [5.74, 6) is -0.717. The lowest BCUT2D eigenvalue weighted by Crippen LogP contribution is -2.20. The molecule has 3 N–H and O–H groups in total. The second-order valence-corrected chi connectivity index (χ2v) is 5.09. The molecule has 0 spiro atoms. The Morgan fingerprint density at radius 2 is 2.16 bits per heavy atom. The van der Waals surface area contributed by atoms with E-state index in [-0.39, 0.29) is 18.3 Å². The zero-order valence-electron chi connectivity index (χ0n) is 10.1. The van der Waals surface area contributed by atoms with Crippen LogP contribution in [0.2, 0.25) is 0 Å². The minimum Gasteiger partial charge on any atom is -0.388 e. The van der Waals surface area contributed by atoms with Crippen LogP contribution in [0, 0.1) is 5.82 Å². The van der Waals surface area contributed by atoms with E-state index in [0.717, 1.165) is 5.56 Å². The van der Waals surface area contributed by atoms with Gasteiger partial charge in [-0.1, -0.05) is 22.0 Å². The zero-order valence-corrected chi connectivity index (χ0v) is 11.7. The van der Waals surface area contributed by atoms with E-state index in [4.69, 9.17) is 5.73 Å². The Labute approximate surface area is 119 Å². The van der Waals surface area contributed by atoms with Crippen molar-refractivity contribution in [2.75, 3.05) is 6.54 Å². The Bertz CT molecular complexity index is 550. The van der Waals surface area contributed by atoms with Gasteiger partial charge in [-0.05, 0) is 35.4 Å². The van der Waals surface area contributed by atoms with Crippen molar-refractivity contribution < 1.29 is 9.50 Å². The molecular weight excluding hydrogens is 311 g/mol. The van der Waals surface area contributed by atoms with Crippen LogP contribution < -0.4 is 5.73 Å². The first-order chi connectivity index (χ1) is 9.13. The van der Waals surface area contributed by atoms with Gasteiger partial charge in [-0.25, -0.2) is 4.39 Å². The van der Waals surface area contributed by atoms with Gasteiger partial charge in [0, 0.05) is 29.3 Å². The molecular formula is C14H14BrFN2O. The fourth-order valence-electron chi connectivity index (χ4n) is 2.00. The minimum atomic E-state index is -0.890. The number of nitrogens with two attached hydrogens (primary N) is 1. The van der Waals surface area contributed by atoms with Crippen LogP contribution in [0.1, 0.15) is 23.1 Å². The topological polar surface area (TPSA) is 59.1 Å². The monoisotopic (exact) mass is 324 g/mol. The first kappa shape index (κ1) is 14.1. The smallest absolute Gasteiger partial charge is 0.123 e. The number of halogens is 2. The van der Waals surface area contributed by atoms with Crippen LogP contribution >= 0.6 is 15.9 Å². The van der Waals surface area contributed by atoms with E-state index >= 15 is 0 Å². The van der Waals surface area contributed by atoms with Gasteiger partial charge in [-0.2, -0.15) is 0 Å². The van der Waals surface area contributed by atoms with Crippen molar-refractivity contribution in [1.82, 2.24) is 4.98 Å². The second kappa shape index (κ2) is 6.23. The molecule has 19 heavy (non-hydrogen) atoms. The lowest BCUT2D eigenvalue weighted by molar-refractivity contribution is 0.146. The highest BCUT2D eigenvalue weighted by molar-refractivity contribution is 9.10. The number of pyridine rings is 1. The predicted molar refractivity (Wildman–Crippen MR) is 75.1 cm³/mol. The molecule has 3 nitrogen and oxygen atoms in total. The second-order valence-electron chi connectivity index (χ2n) is 4.24. The van der Waals surface area contributed by atoms with Gasteiger partial charge in [-0.3, -0.25) is 4.98 Å². The third-order valence-corrected chi connectivity index (χ3v) is 3.75. The maximum atomic E-state index is 13.3. The van der Waals surface area contributed by atoms with Crippen molar-refractivity contribution in [3.63, 3.8) is 0 Å². The molecule has 1 aromatic carbocycles. The lowest BCUT2D eigenvalue weighted by atomic mass is 9.90. The van der Waals surface area contributed by atoms with E-state index < -0.39 is 6.10 Å². The zero-order chi connectivity index (χ0) is 13.8. The molecule has 0 bridgehead atoms. The highest BCUT2D eigenvalue weighted by atomic mass is 79.9. The Balaban J connectivity index is 2.36. The van der Waals surface area contributed by atoms with Gasteiger partial charge >= 0.3 is 0 Å². The average molecular weight is 325 g/mol. The van der Waals surface area contributed by atoms with Crippen LogP contribution in [0.5, 0.6) is 0 Å². The third kappa shape index (κ3) is 3.18. The molecule has 0 aliphatic heterocycles. The summed E-state index contributed by atoms with van der Waals surface area (Å²) in [5.41, 5.74) is 7.05. The first-order valence-corrected chi connectivity index (χ1v) is 6.65. The lowest BCUT2D eigenvalue weighted by Gasteiger charge is -2.23. The van der Waals surface area contributed by atoms with Crippen molar-refractivity contribution >= 4 is 15.9 Å². The highest BCUT2D eigenvalue weighted by Gasteiger charge is 2.23. The first-order valence-electron chi connectivity index (χ1n) is 5.86. The van der Waals surface area contributed by atoms with E-state index in [9.17, 15) is 9.50 Å². The summed E-state index contributed by atoms with van der Waals surface area (Å²) < 4.78 is 14.0. The number of hydrogen-bond acceptors (Lipinski definition) is 3. The molecule has 0 radical (unpaired) electrons. The number of nitrogens with zero attached hydrogens (tertiary/aromatic N) is 1. The molecule has 0 amide bonds. The van der Waals surface area contributed by atoms with Gasteiger partial charge in [0.05, 0.1) is 6.10 Å². The van der Waals surface area contributed by atoms with Gasteiger partial charge in [0.1, 0.15) is 5.82 Å². The van der Waals surface area contributed by atoms with Gasteiger partial charge in [0.15, 0.2) is 0 Å². The van der Waals surface area contributed by atoms with Crippen molar-refractivity contribution in [3.8, 4) is 0 Å². The Morgan fingerprint density at radius 1 is 1.37 bits per heavy atom. The van der Waals surface area contributed by atoms with E-state index in [1.54, 1.807) is 24.5 Å². The Hall–Kier alpha value is -1.30. The van der Waals surface area contributed by atoms with Crippen molar-refractivity contribution in [3.05, 3.63) is 64.1 Å². The molecule has 2 aromatic rings. The average Bonchev–Trinajstić information content (AvgIpc) is 2.43. The molecule has 1 aromatic heterocycles. The summed E-state index contributed by atoms with van der Waals surface area (Å²) in [4.78, 5) is 4.02. The Kier molecular flexibility index (Phi) is 4.63. The van der Waals surface area contributed by atoms with E-state index in [0.29, 0.717) is 10.0 Å². The summed E-state index contributed by atoms with van der Waals surface area (Å²) in [5, 5.41) is 10.4. The quantitative estimate of drug-likeness (QED) is 0.909. The summed E-state index contributed by atoms with van der Waals surface area (Å²) in [6.07, 6.45) is 2.43. The van der Waals surface area contributed by atoms with Gasteiger partial charge in [0.2, 0.25) is 0 Å². The van der Waals surface area contributed by atoms with E-state index in [2.05, 4.69) is 20.9 Å². The third-order valence-electron chi connectivity index (χ3n) is 3.02. The number of rotatable bonds is 4. The van der Waals surface area contributed by atoms with Crippen LogP contribution in [0.15, 0.2) is 47.2 Å². The van der Waals surface area contributed by atoms with Crippen LogP contribution in [0.3, 0.4) is 0 Å². The molecule has 100 valence electrons. The summed E-state index contributed by atoms with van der Waals surface area (Å²) in [6, 6.07) is 7.85.